The van der Waals surface area contributed by atoms with Crippen LogP contribution in [0.1, 0.15) is 49.3 Å². The van der Waals surface area contributed by atoms with Gasteiger partial charge < -0.3 is 5.11 Å². The summed E-state index contributed by atoms with van der Waals surface area (Å²) < 4.78 is 69.5. The quantitative estimate of drug-likeness (QED) is 0.202. The van der Waals surface area contributed by atoms with Crippen molar-refractivity contribution in [1.82, 2.24) is 0 Å². The number of benzene rings is 3. The van der Waals surface area contributed by atoms with Crippen molar-refractivity contribution in [3.8, 4) is 16.9 Å². The lowest BCUT2D eigenvalue weighted by molar-refractivity contribution is 0.445. The molecule has 0 aliphatic carbocycles. The predicted molar refractivity (Wildman–Crippen MR) is 115 cm³/mol. The summed E-state index contributed by atoms with van der Waals surface area (Å²) in [6, 6.07) is 9.50. The Hall–Kier alpha value is -2.89. The van der Waals surface area contributed by atoms with Crippen molar-refractivity contribution in [2.24, 2.45) is 0 Å². The molecule has 3 rings (SSSR count). The van der Waals surface area contributed by atoms with Gasteiger partial charge in [-0.15, -0.1) is 0 Å². The molecule has 0 aliphatic heterocycles. The fraction of sp³-hybridized carbons (Fsp3) is 0.308. The van der Waals surface area contributed by atoms with Gasteiger partial charge in [0, 0.05) is 11.6 Å². The molecule has 1 nitrogen and oxygen atoms in total. The lowest BCUT2D eigenvalue weighted by Gasteiger charge is -2.13. The van der Waals surface area contributed by atoms with Gasteiger partial charge in [0.1, 0.15) is 17.4 Å². The van der Waals surface area contributed by atoms with Crippen molar-refractivity contribution >= 4 is 0 Å². The van der Waals surface area contributed by atoms with Gasteiger partial charge in [-0.2, -0.15) is 0 Å². The molecule has 0 fully saturated rings. The standard InChI is InChI=1S/C26H25F5O/c1-2-3-4-5-6-16-7-10-18(11-8-16)24-23(32)15-20(27)19(25(24)30)12-9-17-13-21(28)26(31)22(29)14-17/h7-8,10-11,13-15,32H,2-6,9,12H2,1H3. The van der Waals surface area contributed by atoms with Gasteiger partial charge in [-0.05, 0) is 54.5 Å². The third-order valence-corrected chi connectivity index (χ3v) is 5.56. The highest BCUT2D eigenvalue weighted by molar-refractivity contribution is 5.72. The van der Waals surface area contributed by atoms with Crippen LogP contribution in [-0.4, -0.2) is 5.11 Å². The molecule has 0 aliphatic rings. The minimum atomic E-state index is -1.59. The van der Waals surface area contributed by atoms with Crippen molar-refractivity contribution in [3.05, 3.63) is 88.2 Å². The van der Waals surface area contributed by atoms with Crippen LogP contribution in [-0.2, 0) is 19.3 Å². The number of aryl methyl sites for hydroxylation is 2. The monoisotopic (exact) mass is 448 g/mol. The Bertz CT molecular complexity index is 1050. The van der Waals surface area contributed by atoms with E-state index in [1.54, 1.807) is 12.1 Å². The zero-order valence-electron chi connectivity index (χ0n) is 17.8. The first-order valence-corrected chi connectivity index (χ1v) is 10.7. The van der Waals surface area contributed by atoms with Crippen LogP contribution in [0.5, 0.6) is 5.75 Å². The van der Waals surface area contributed by atoms with Gasteiger partial charge in [-0.3, -0.25) is 0 Å². The predicted octanol–water partition coefficient (Wildman–Crippen LogP) is 7.66. The largest absolute Gasteiger partial charge is 0.507 e. The van der Waals surface area contributed by atoms with Crippen molar-refractivity contribution in [2.75, 3.05) is 0 Å². The van der Waals surface area contributed by atoms with Crippen LogP contribution in [0.25, 0.3) is 11.1 Å². The Labute approximate surface area is 184 Å². The Morgan fingerprint density at radius 1 is 0.656 bits per heavy atom. The van der Waals surface area contributed by atoms with Crippen molar-refractivity contribution in [3.63, 3.8) is 0 Å². The number of phenolic OH excluding ortho intramolecular Hbond substituents is 1. The first-order valence-electron chi connectivity index (χ1n) is 10.7. The van der Waals surface area contributed by atoms with Crippen LogP contribution in [0.2, 0.25) is 0 Å². The third-order valence-electron chi connectivity index (χ3n) is 5.56. The molecule has 0 bridgehead atoms. The summed E-state index contributed by atoms with van der Waals surface area (Å²) in [5.74, 6) is -6.73. The maximum atomic E-state index is 15.2. The first-order chi connectivity index (χ1) is 15.3. The number of hydrogen-bond acceptors (Lipinski definition) is 1. The Balaban J connectivity index is 1.82. The smallest absolute Gasteiger partial charge is 0.194 e. The molecule has 32 heavy (non-hydrogen) atoms. The molecule has 0 atom stereocenters. The molecular weight excluding hydrogens is 423 g/mol. The molecule has 0 radical (unpaired) electrons. The van der Waals surface area contributed by atoms with Gasteiger partial charge in [-0.25, -0.2) is 22.0 Å². The Morgan fingerprint density at radius 3 is 1.94 bits per heavy atom. The number of phenols is 1. The summed E-state index contributed by atoms with van der Waals surface area (Å²) in [6.07, 6.45) is 5.08. The maximum Gasteiger partial charge on any atom is 0.194 e. The molecule has 3 aromatic carbocycles. The molecule has 0 saturated carbocycles. The highest BCUT2D eigenvalue weighted by atomic mass is 19.2. The summed E-state index contributed by atoms with van der Waals surface area (Å²) >= 11 is 0. The van der Waals surface area contributed by atoms with Crippen molar-refractivity contribution < 1.29 is 27.1 Å². The van der Waals surface area contributed by atoms with E-state index in [1.807, 2.05) is 12.1 Å². The maximum absolute atomic E-state index is 15.2. The average Bonchev–Trinajstić information content (AvgIpc) is 2.75. The molecule has 0 aromatic heterocycles. The van der Waals surface area contributed by atoms with Gasteiger partial charge in [0.2, 0.25) is 0 Å². The minimum absolute atomic E-state index is 0.0715. The summed E-state index contributed by atoms with van der Waals surface area (Å²) in [5, 5.41) is 10.2. The summed E-state index contributed by atoms with van der Waals surface area (Å²) in [6.45, 7) is 2.14. The lowest BCUT2D eigenvalue weighted by atomic mass is 9.95. The second-order valence-electron chi connectivity index (χ2n) is 7.93. The molecule has 6 heteroatoms. The number of rotatable bonds is 9. The van der Waals surface area contributed by atoms with Gasteiger partial charge in [-0.1, -0.05) is 50.5 Å². The Kier molecular flexibility index (Phi) is 7.89. The van der Waals surface area contributed by atoms with Gasteiger partial charge in [0.05, 0.1) is 5.56 Å². The molecule has 0 unspecified atom stereocenters. The van der Waals surface area contributed by atoms with Crippen LogP contribution >= 0.6 is 0 Å². The molecule has 170 valence electrons. The summed E-state index contributed by atoms with van der Waals surface area (Å²) in [4.78, 5) is 0. The molecule has 0 heterocycles. The highest BCUT2D eigenvalue weighted by Gasteiger charge is 2.20. The van der Waals surface area contributed by atoms with Crippen LogP contribution in [0.15, 0.2) is 42.5 Å². The van der Waals surface area contributed by atoms with E-state index < -0.39 is 34.8 Å². The zero-order chi connectivity index (χ0) is 23.3. The number of unbranched alkanes of at least 4 members (excludes halogenated alkanes) is 3. The SMILES string of the molecule is CCCCCCc1ccc(-c2c(O)cc(F)c(CCc3cc(F)c(F)c(F)c3)c2F)cc1. The topological polar surface area (TPSA) is 20.2 Å². The highest BCUT2D eigenvalue weighted by Crippen LogP contribution is 2.36. The van der Waals surface area contributed by atoms with E-state index >= 15 is 4.39 Å². The number of hydrogen-bond donors (Lipinski definition) is 1. The van der Waals surface area contributed by atoms with Crippen LogP contribution in [0, 0.1) is 29.1 Å². The molecule has 0 spiro atoms. The van der Waals surface area contributed by atoms with Crippen LogP contribution in [0.4, 0.5) is 22.0 Å². The summed E-state index contributed by atoms with van der Waals surface area (Å²) in [7, 11) is 0. The van der Waals surface area contributed by atoms with E-state index in [-0.39, 0.29) is 29.5 Å². The fourth-order valence-corrected chi connectivity index (χ4v) is 3.77. The van der Waals surface area contributed by atoms with E-state index in [9.17, 15) is 22.7 Å². The third kappa shape index (κ3) is 5.47. The normalized spacial score (nSPS) is 11.2. The van der Waals surface area contributed by atoms with Gasteiger partial charge in [0.25, 0.3) is 0 Å². The summed E-state index contributed by atoms with van der Waals surface area (Å²) in [5.41, 5.74) is 1.12. The van der Waals surface area contributed by atoms with Crippen molar-refractivity contribution in [1.29, 1.82) is 0 Å². The number of aromatic hydroxyl groups is 1. The fourth-order valence-electron chi connectivity index (χ4n) is 3.77. The first kappa shape index (κ1) is 23.8. The molecule has 0 amide bonds. The van der Waals surface area contributed by atoms with E-state index in [0.717, 1.165) is 49.4 Å². The zero-order valence-corrected chi connectivity index (χ0v) is 17.8. The van der Waals surface area contributed by atoms with Crippen molar-refractivity contribution in [2.45, 2.75) is 51.9 Å². The second kappa shape index (κ2) is 10.6. The number of halogens is 5. The van der Waals surface area contributed by atoms with E-state index in [1.165, 1.54) is 6.42 Å². The van der Waals surface area contributed by atoms with E-state index in [2.05, 4.69) is 6.92 Å². The Morgan fingerprint density at radius 2 is 1.31 bits per heavy atom. The minimum Gasteiger partial charge on any atom is -0.507 e. The average molecular weight is 448 g/mol. The molecule has 0 saturated heterocycles. The second-order valence-corrected chi connectivity index (χ2v) is 7.93. The van der Waals surface area contributed by atoms with Gasteiger partial charge in [0.15, 0.2) is 17.5 Å². The molecule has 1 N–H and O–H groups in total. The van der Waals surface area contributed by atoms with E-state index in [4.69, 9.17) is 0 Å². The molecular formula is C26H25F5O. The molecule has 3 aromatic rings. The van der Waals surface area contributed by atoms with Crippen LogP contribution < -0.4 is 0 Å². The van der Waals surface area contributed by atoms with Crippen LogP contribution in [0.3, 0.4) is 0 Å². The van der Waals surface area contributed by atoms with E-state index in [0.29, 0.717) is 5.56 Å². The van der Waals surface area contributed by atoms with Gasteiger partial charge >= 0.3 is 0 Å². The lowest BCUT2D eigenvalue weighted by Crippen LogP contribution is -2.03.